The van der Waals surface area contributed by atoms with Gasteiger partial charge in [0.05, 0.1) is 0 Å². The van der Waals surface area contributed by atoms with Gasteiger partial charge in [-0.25, -0.2) is 0 Å². The van der Waals surface area contributed by atoms with Gasteiger partial charge in [0.1, 0.15) is 0 Å². The Balaban J connectivity index is 0.00000225. The number of halogens is 1. The second-order valence-corrected chi connectivity index (χ2v) is 5.46. The number of hydrogen-bond donors (Lipinski definition) is 1. The first-order valence-corrected chi connectivity index (χ1v) is 6.99. The predicted molar refractivity (Wildman–Crippen MR) is 73.1 cm³/mol. The van der Waals surface area contributed by atoms with E-state index in [0.29, 0.717) is 11.8 Å². The number of rotatable bonds is 4. The van der Waals surface area contributed by atoms with Crippen molar-refractivity contribution in [3.05, 3.63) is 0 Å². The molecule has 1 heterocycles. The van der Waals surface area contributed by atoms with Crippen molar-refractivity contribution >= 4 is 30.1 Å². The van der Waals surface area contributed by atoms with Gasteiger partial charge in [0.25, 0.3) is 0 Å². The summed E-state index contributed by atoms with van der Waals surface area (Å²) in [6.07, 6.45) is 3.11. The third-order valence-electron chi connectivity index (χ3n) is 3.12. The summed E-state index contributed by atoms with van der Waals surface area (Å²) in [6, 6.07) is 0.207. The Bertz CT molecular complexity index is 226. The molecule has 1 aliphatic heterocycles. The van der Waals surface area contributed by atoms with Crippen molar-refractivity contribution in [3.8, 4) is 0 Å². The lowest BCUT2D eigenvalue weighted by molar-refractivity contribution is -0.133. The third kappa shape index (κ3) is 4.15. The molecule has 16 heavy (non-hydrogen) atoms. The molecule has 3 atom stereocenters. The van der Waals surface area contributed by atoms with Crippen molar-refractivity contribution in [1.29, 1.82) is 0 Å². The Labute approximate surface area is 109 Å². The lowest BCUT2D eigenvalue weighted by Crippen LogP contribution is -2.36. The van der Waals surface area contributed by atoms with Crippen molar-refractivity contribution in [2.24, 2.45) is 17.6 Å². The zero-order valence-corrected chi connectivity index (χ0v) is 11.9. The van der Waals surface area contributed by atoms with Crippen LogP contribution in [0, 0.1) is 11.8 Å². The van der Waals surface area contributed by atoms with Crippen molar-refractivity contribution in [1.82, 2.24) is 4.90 Å². The standard InChI is InChI=1S/C11H22N2OS.ClH/c1-8(7-15-3)11(14)13-5-4-10(6-13)9(2)12;/h8-10H,4-7,12H2,1-3H3;1H. The summed E-state index contributed by atoms with van der Waals surface area (Å²) in [5, 5.41) is 0. The van der Waals surface area contributed by atoms with Gasteiger partial charge in [0.2, 0.25) is 5.91 Å². The van der Waals surface area contributed by atoms with Crippen LogP contribution in [0.15, 0.2) is 0 Å². The van der Waals surface area contributed by atoms with Crippen molar-refractivity contribution in [2.75, 3.05) is 25.1 Å². The van der Waals surface area contributed by atoms with E-state index in [4.69, 9.17) is 5.73 Å². The van der Waals surface area contributed by atoms with E-state index in [9.17, 15) is 4.79 Å². The molecular weight excluding hydrogens is 244 g/mol. The number of thioether (sulfide) groups is 1. The van der Waals surface area contributed by atoms with Gasteiger partial charge in [0, 0.05) is 30.8 Å². The van der Waals surface area contributed by atoms with Crippen LogP contribution in [-0.4, -0.2) is 41.9 Å². The molecular formula is C11H23ClN2OS. The summed E-state index contributed by atoms with van der Waals surface area (Å²) in [4.78, 5) is 14.0. The summed E-state index contributed by atoms with van der Waals surface area (Å²) in [6.45, 7) is 5.79. The molecule has 0 spiro atoms. The maximum atomic E-state index is 12.0. The van der Waals surface area contributed by atoms with Crippen LogP contribution in [-0.2, 0) is 4.79 Å². The summed E-state index contributed by atoms with van der Waals surface area (Å²) in [5.74, 6) is 1.85. The molecule has 0 aromatic heterocycles. The largest absolute Gasteiger partial charge is 0.342 e. The highest BCUT2D eigenvalue weighted by atomic mass is 35.5. The van der Waals surface area contributed by atoms with Gasteiger partial charge in [0.15, 0.2) is 0 Å². The fraction of sp³-hybridized carbons (Fsp3) is 0.909. The normalized spacial score (nSPS) is 23.8. The topological polar surface area (TPSA) is 46.3 Å². The van der Waals surface area contributed by atoms with Gasteiger partial charge in [-0.2, -0.15) is 11.8 Å². The first-order chi connectivity index (χ1) is 7.06. The lowest BCUT2D eigenvalue weighted by atomic mass is 10.0. The zero-order chi connectivity index (χ0) is 11.4. The summed E-state index contributed by atoms with van der Waals surface area (Å²) < 4.78 is 0. The molecule has 0 aromatic rings. The Hall–Kier alpha value is 0.0700. The van der Waals surface area contributed by atoms with Crippen LogP contribution in [0.4, 0.5) is 0 Å². The lowest BCUT2D eigenvalue weighted by Gasteiger charge is -2.21. The highest BCUT2D eigenvalue weighted by Crippen LogP contribution is 2.21. The first kappa shape index (κ1) is 16.1. The first-order valence-electron chi connectivity index (χ1n) is 5.59. The number of nitrogens with zero attached hydrogens (tertiary/aromatic N) is 1. The number of amides is 1. The van der Waals surface area contributed by atoms with Crippen LogP contribution in [0.5, 0.6) is 0 Å². The van der Waals surface area contributed by atoms with Gasteiger partial charge in [-0.05, 0) is 25.5 Å². The summed E-state index contributed by atoms with van der Waals surface area (Å²) in [5.41, 5.74) is 5.85. The van der Waals surface area contributed by atoms with Crippen LogP contribution >= 0.6 is 24.2 Å². The Kier molecular flexibility index (Phi) is 7.44. The minimum Gasteiger partial charge on any atom is -0.342 e. The molecule has 0 aliphatic carbocycles. The van der Waals surface area contributed by atoms with E-state index >= 15 is 0 Å². The molecule has 96 valence electrons. The van der Waals surface area contributed by atoms with Crippen molar-refractivity contribution < 1.29 is 4.79 Å². The SMILES string of the molecule is CSCC(C)C(=O)N1CCC(C(C)N)C1.Cl. The van der Waals surface area contributed by atoms with E-state index in [2.05, 4.69) is 0 Å². The Morgan fingerprint density at radius 1 is 1.56 bits per heavy atom. The second-order valence-electron chi connectivity index (χ2n) is 4.55. The predicted octanol–water partition coefficient (Wildman–Crippen LogP) is 1.60. The molecule has 1 amide bonds. The second kappa shape index (κ2) is 7.41. The molecule has 5 heteroatoms. The van der Waals surface area contributed by atoms with Crippen LogP contribution in [0.2, 0.25) is 0 Å². The average Bonchev–Trinajstić information content (AvgIpc) is 2.65. The van der Waals surface area contributed by atoms with Crippen molar-refractivity contribution in [2.45, 2.75) is 26.3 Å². The molecule has 1 saturated heterocycles. The van der Waals surface area contributed by atoms with E-state index in [1.807, 2.05) is 25.0 Å². The average molecular weight is 267 g/mol. The van der Waals surface area contributed by atoms with Gasteiger partial charge < -0.3 is 10.6 Å². The fourth-order valence-corrected chi connectivity index (χ4v) is 2.69. The number of hydrogen-bond acceptors (Lipinski definition) is 3. The zero-order valence-electron chi connectivity index (χ0n) is 10.3. The Morgan fingerprint density at radius 2 is 2.19 bits per heavy atom. The molecule has 1 aliphatic rings. The van der Waals surface area contributed by atoms with Gasteiger partial charge in [-0.3, -0.25) is 4.79 Å². The minimum atomic E-state index is 0. The number of nitrogens with two attached hydrogens (primary N) is 1. The maximum Gasteiger partial charge on any atom is 0.226 e. The van der Waals surface area contributed by atoms with E-state index in [1.165, 1.54) is 0 Å². The van der Waals surface area contributed by atoms with Crippen LogP contribution in [0.1, 0.15) is 20.3 Å². The van der Waals surface area contributed by atoms with Gasteiger partial charge >= 0.3 is 0 Å². The van der Waals surface area contributed by atoms with E-state index in [0.717, 1.165) is 25.3 Å². The fourth-order valence-electron chi connectivity index (χ4n) is 2.05. The monoisotopic (exact) mass is 266 g/mol. The van der Waals surface area contributed by atoms with Crippen molar-refractivity contribution in [3.63, 3.8) is 0 Å². The summed E-state index contributed by atoms with van der Waals surface area (Å²) in [7, 11) is 0. The van der Waals surface area contributed by atoms with Crippen LogP contribution < -0.4 is 5.73 Å². The van der Waals surface area contributed by atoms with E-state index < -0.39 is 0 Å². The molecule has 1 rings (SSSR count). The number of likely N-dealkylation sites (tertiary alicyclic amines) is 1. The number of carbonyl (C=O) groups excluding carboxylic acids is 1. The molecule has 3 nitrogen and oxygen atoms in total. The highest BCUT2D eigenvalue weighted by Gasteiger charge is 2.30. The smallest absolute Gasteiger partial charge is 0.226 e. The molecule has 0 bridgehead atoms. The van der Waals surface area contributed by atoms with Crippen LogP contribution in [0.25, 0.3) is 0 Å². The summed E-state index contributed by atoms with van der Waals surface area (Å²) >= 11 is 1.73. The molecule has 3 unspecified atom stereocenters. The van der Waals surface area contributed by atoms with Crippen LogP contribution in [0.3, 0.4) is 0 Å². The van der Waals surface area contributed by atoms with E-state index in [-0.39, 0.29) is 24.4 Å². The number of carbonyl (C=O) groups is 1. The Morgan fingerprint density at radius 3 is 2.62 bits per heavy atom. The third-order valence-corrected chi connectivity index (χ3v) is 3.95. The molecule has 2 N–H and O–H groups in total. The minimum absolute atomic E-state index is 0. The quantitative estimate of drug-likeness (QED) is 0.841. The van der Waals surface area contributed by atoms with Gasteiger partial charge in [-0.15, -0.1) is 12.4 Å². The molecule has 0 saturated carbocycles. The van der Waals surface area contributed by atoms with E-state index in [1.54, 1.807) is 11.8 Å². The molecule has 0 aromatic carbocycles. The molecule has 1 fully saturated rings. The highest BCUT2D eigenvalue weighted by molar-refractivity contribution is 7.98. The van der Waals surface area contributed by atoms with Gasteiger partial charge in [-0.1, -0.05) is 6.92 Å². The maximum absolute atomic E-state index is 12.0. The molecule has 0 radical (unpaired) electrons.